The Labute approximate surface area is 118 Å². The summed E-state index contributed by atoms with van der Waals surface area (Å²) in [6.07, 6.45) is 0. The number of benzene rings is 2. The smallest absolute Gasteiger partial charge is 0.189 e. The average molecular weight is 288 g/mol. The molecule has 0 fully saturated rings. The van der Waals surface area contributed by atoms with Crippen LogP contribution in [-0.2, 0) is 0 Å². The Hall–Kier alpha value is -3.03. The highest BCUT2D eigenvalue weighted by atomic mass is 19.1. The highest BCUT2D eigenvalue weighted by Gasteiger charge is 2.19. The Kier molecular flexibility index (Phi) is 2.98. The summed E-state index contributed by atoms with van der Waals surface area (Å²) in [5, 5.41) is 10.9. The number of hydrogen-bond donors (Lipinski definition) is 2. The molecule has 2 aromatic carbocycles. The summed E-state index contributed by atoms with van der Waals surface area (Å²) in [7, 11) is 0. The van der Waals surface area contributed by atoms with Gasteiger partial charge in [-0.25, -0.2) is 8.78 Å². The van der Waals surface area contributed by atoms with E-state index >= 15 is 0 Å². The Balaban J connectivity index is 2.22. The van der Waals surface area contributed by atoms with Gasteiger partial charge < -0.3 is 11.5 Å². The SMILES string of the molecule is Nc1ccc(-c2nnnn2-c2c(F)cccc2F)c(N)c1. The zero-order valence-corrected chi connectivity index (χ0v) is 10.7. The van der Waals surface area contributed by atoms with Crippen molar-refractivity contribution in [1.82, 2.24) is 20.2 Å². The average Bonchev–Trinajstić information content (AvgIpc) is 2.87. The van der Waals surface area contributed by atoms with Crippen LogP contribution in [0.2, 0.25) is 0 Å². The first-order valence-corrected chi connectivity index (χ1v) is 5.96. The van der Waals surface area contributed by atoms with Crippen LogP contribution >= 0.6 is 0 Å². The van der Waals surface area contributed by atoms with Gasteiger partial charge in [0.05, 0.1) is 0 Å². The molecule has 0 amide bonds. The summed E-state index contributed by atoms with van der Waals surface area (Å²) >= 11 is 0. The molecule has 106 valence electrons. The van der Waals surface area contributed by atoms with Gasteiger partial charge in [-0.3, -0.25) is 0 Å². The van der Waals surface area contributed by atoms with E-state index in [1.54, 1.807) is 12.1 Å². The molecule has 0 radical (unpaired) electrons. The molecule has 0 saturated carbocycles. The monoisotopic (exact) mass is 288 g/mol. The molecular formula is C13H10F2N6. The maximum atomic E-state index is 13.9. The second-order valence-corrected chi connectivity index (χ2v) is 4.33. The number of hydrogen-bond acceptors (Lipinski definition) is 5. The fraction of sp³-hybridized carbons (Fsp3) is 0. The number of tetrazole rings is 1. The summed E-state index contributed by atoms with van der Waals surface area (Å²) in [5.74, 6) is -1.44. The van der Waals surface area contributed by atoms with E-state index in [9.17, 15) is 8.78 Å². The van der Waals surface area contributed by atoms with Gasteiger partial charge in [0.15, 0.2) is 17.5 Å². The van der Waals surface area contributed by atoms with E-state index in [2.05, 4.69) is 15.5 Å². The third-order valence-electron chi connectivity index (χ3n) is 2.94. The fourth-order valence-electron chi connectivity index (χ4n) is 1.98. The Morgan fingerprint density at radius 2 is 1.71 bits per heavy atom. The van der Waals surface area contributed by atoms with Gasteiger partial charge in [-0.15, -0.1) is 5.10 Å². The van der Waals surface area contributed by atoms with Crippen LogP contribution in [0.4, 0.5) is 20.2 Å². The Morgan fingerprint density at radius 3 is 2.38 bits per heavy atom. The zero-order chi connectivity index (χ0) is 15.0. The summed E-state index contributed by atoms with van der Waals surface area (Å²) in [4.78, 5) is 0. The maximum Gasteiger partial charge on any atom is 0.189 e. The number of nitrogen functional groups attached to an aromatic ring is 2. The van der Waals surface area contributed by atoms with Crippen molar-refractivity contribution in [2.24, 2.45) is 0 Å². The van der Waals surface area contributed by atoms with Crippen LogP contribution < -0.4 is 11.5 Å². The van der Waals surface area contributed by atoms with E-state index in [1.165, 1.54) is 12.1 Å². The lowest BCUT2D eigenvalue weighted by atomic mass is 10.1. The molecule has 0 aliphatic rings. The highest BCUT2D eigenvalue weighted by Crippen LogP contribution is 2.28. The summed E-state index contributed by atoms with van der Waals surface area (Å²) in [6.45, 7) is 0. The minimum Gasteiger partial charge on any atom is -0.399 e. The van der Waals surface area contributed by atoms with E-state index in [4.69, 9.17) is 11.5 Å². The standard InChI is InChI=1S/C13H10F2N6/c14-9-2-1-3-10(15)12(9)21-13(18-19-20-21)8-5-4-7(16)6-11(8)17/h1-6H,16-17H2. The van der Waals surface area contributed by atoms with E-state index in [0.29, 0.717) is 16.9 Å². The third kappa shape index (κ3) is 2.16. The van der Waals surface area contributed by atoms with Gasteiger partial charge in [-0.1, -0.05) is 6.07 Å². The minimum atomic E-state index is -0.780. The number of nitrogens with zero attached hydrogens (tertiary/aromatic N) is 4. The molecule has 0 spiro atoms. The largest absolute Gasteiger partial charge is 0.399 e. The van der Waals surface area contributed by atoms with Crippen molar-refractivity contribution in [1.29, 1.82) is 0 Å². The molecular weight excluding hydrogens is 278 g/mol. The minimum absolute atomic E-state index is 0.122. The van der Waals surface area contributed by atoms with Crippen LogP contribution in [0.5, 0.6) is 0 Å². The van der Waals surface area contributed by atoms with Gasteiger partial charge >= 0.3 is 0 Å². The Bertz CT molecular complexity index is 794. The molecule has 0 unspecified atom stereocenters. The predicted octanol–water partition coefficient (Wildman–Crippen LogP) is 1.77. The first kappa shape index (κ1) is 13.0. The van der Waals surface area contributed by atoms with Crippen molar-refractivity contribution in [3.05, 3.63) is 48.0 Å². The second-order valence-electron chi connectivity index (χ2n) is 4.33. The summed E-state index contributed by atoms with van der Waals surface area (Å²) in [5.41, 5.74) is 12.3. The topological polar surface area (TPSA) is 95.6 Å². The molecule has 1 aromatic heterocycles. The van der Waals surface area contributed by atoms with Crippen molar-refractivity contribution in [3.8, 4) is 17.1 Å². The Morgan fingerprint density at radius 1 is 1.00 bits per heavy atom. The molecule has 3 aromatic rings. The molecule has 0 aliphatic carbocycles. The lowest BCUT2D eigenvalue weighted by Crippen LogP contribution is -2.06. The number of aromatic nitrogens is 4. The van der Waals surface area contributed by atoms with E-state index in [-0.39, 0.29) is 11.5 Å². The number of anilines is 2. The normalized spacial score (nSPS) is 10.8. The lowest BCUT2D eigenvalue weighted by molar-refractivity contribution is 0.557. The van der Waals surface area contributed by atoms with Gasteiger partial charge in [0.2, 0.25) is 0 Å². The molecule has 6 nitrogen and oxygen atoms in total. The molecule has 8 heteroatoms. The first-order valence-electron chi connectivity index (χ1n) is 5.96. The molecule has 0 aliphatic heterocycles. The van der Waals surface area contributed by atoms with Crippen LogP contribution in [0.3, 0.4) is 0 Å². The van der Waals surface area contributed by atoms with Crippen molar-refractivity contribution < 1.29 is 8.78 Å². The van der Waals surface area contributed by atoms with Crippen LogP contribution in [0.1, 0.15) is 0 Å². The molecule has 1 heterocycles. The fourth-order valence-corrected chi connectivity index (χ4v) is 1.98. The number of nitrogens with two attached hydrogens (primary N) is 2. The number of rotatable bonds is 2. The van der Waals surface area contributed by atoms with Gasteiger partial charge in [0.25, 0.3) is 0 Å². The molecule has 3 rings (SSSR count). The zero-order valence-electron chi connectivity index (χ0n) is 10.7. The van der Waals surface area contributed by atoms with Crippen molar-refractivity contribution in [2.75, 3.05) is 11.5 Å². The summed E-state index contributed by atoms with van der Waals surface area (Å²) in [6, 6.07) is 8.21. The summed E-state index contributed by atoms with van der Waals surface area (Å²) < 4.78 is 28.7. The van der Waals surface area contributed by atoms with Crippen molar-refractivity contribution in [3.63, 3.8) is 0 Å². The van der Waals surface area contributed by atoms with Crippen LogP contribution in [0.15, 0.2) is 36.4 Å². The van der Waals surface area contributed by atoms with Gasteiger partial charge in [-0.2, -0.15) is 4.68 Å². The quantitative estimate of drug-likeness (QED) is 0.701. The van der Waals surface area contributed by atoms with Crippen LogP contribution in [-0.4, -0.2) is 20.2 Å². The predicted molar refractivity (Wildman–Crippen MR) is 73.3 cm³/mol. The number of halogens is 2. The maximum absolute atomic E-state index is 13.9. The highest BCUT2D eigenvalue weighted by molar-refractivity contribution is 5.75. The lowest BCUT2D eigenvalue weighted by Gasteiger charge is -2.09. The van der Waals surface area contributed by atoms with Gasteiger partial charge in [0.1, 0.15) is 5.69 Å². The third-order valence-corrected chi connectivity index (χ3v) is 2.94. The molecule has 21 heavy (non-hydrogen) atoms. The van der Waals surface area contributed by atoms with E-state index in [0.717, 1.165) is 16.8 Å². The number of para-hydroxylation sites is 1. The van der Waals surface area contributed by atoms with Crippen molar-refractivity contribution in [2.45, 2.75) is 0 Å². The molecule has 0 saturated heterocycles. The molecule has 0 atom stereocenters. The van der Waals surface area contributed by atoms with E-state index < -0.39 is 11.6 Å². The second kappa shape index (κ2) is 4.82. The van der Waals surface area contributed by atoms with Crippen LogP contribution in [0.25, 0.3) is 17.1 Å². The van der Waals surface area contributed by atoms with Gasteiger partial charge in [-0.05, 0) is 40.8 Å². The first-order chi connectivity index (χ1) is 10.1. The van der Waals surface area contributed by atoms with Crippen LogP contribution in [0, 0.1) is 11.6 Å². The van der Waals surface area contributed by atoms with Crippen molar-refractivity contribution >= 4 is 11.4 Å². The molecule has 0 bridgehead atoms. The molecule has 4 N–H and O–H groups in total. The van der Waals surface area contributed by atoms with Gasteiger partial charge in [0, 0.05) is 16.9 Å². The van der Waals surface area contributed by atoms with E-state index in [1.807, 2.05) is 0 Å².